The molecule has 1 aliphatic rings. The zero-order valence-electron chi connectivity index (χ0n) is 12.5. The number of piperazine rings is 1. The maximum atomic E-state index is 13.0. The summed E-state index contributed by atoms with van der Waals surface area (Å²) in [4.78, 5) is 2.20. The minimum Gasteiger partial charge on any atom is -0.314 e. The lowest BCUT2D eigenvalue weighted by molar-refractivity contribution is 0.0734. The maximum Gasteiger partial charge on any atom is 0.240 e. The Morgan fingerprint density at radius 2 is 1.65 bits per heavy atom. The van der Waals surface area contributed by atoms with Gasteiger partial charge in [-0.25, -0.2) is 8.78 Å². The Morgan fingerprint density at radius 1 is 1.10 bits per heavy atom. The smallest absolute Gasteiger partial charge is 0.240 e. The second-order valence-corrected chi connectivity index (χ2v) is 5.74. The van der Waals surface area contributed by atoms with Crippen molar-refractivity contribution >= 4 is 0 Å². The van der Waals surface area contributed by atoms with Crippen molar-refractivity contribution < 1.29 is 8.78 Å². The molecular weight excluding hydrogens is 258 g/mol. The van der Waals surface area contributed by atoms with Crippen LogP contribution in [0.25, 0.3) is 0 Å². The monoisotopic (exact) mass is 282 g/mol. The molecule has 0 saturated carbocycles. The van der Waals surface area contributed by atoms with Crippen LogP contribution in [0.3, 0.4) is 0 Å². The summed E-state index contributed by atoms with van der Waals surface area (Å²) in [6, 6.07) is 4.03. The predicted molar refractivity (Wildman–Crippen MR) is 78.5 cm³/mol. The molecule has 0 unspecified atom stereocenters. The van der Waals surface area contributed by atoms with E-state index in [1.54, 1.807) is 0 Å². The minimum atomic E-state index is -2.27. The Morgan fingerprint density at radius 3 is 2.15 bits per heavy atom. The summed E-state index contributed by atoms with van der Waals surface area (Å²) < 4.78 is 26.1. The van der Waals surface area contributed by atoms with Crippen LogP contribution in [0, 0.1) is 20.8 Å². The lowest BCUT2D eigenvalue weighted by Crippen LogP contribution is -2.45. The zero-order chi connectivity index (χ0) is 14.7. The number of aryl methyl sites for hydroxylation is 3. The SMILES string of the molecule is Cc1cc(C)c([C@H](CC(F)F)N2CCNCC2)c(C)c1. The van der Waals surface area contributed by atoms with Crippen LogP contribution in [0.1, 0.15) is 34.7 Å². The summed E-state index contributed by atoms with van der Waals surface area (Å²) in [6.07, 6.45) is -2.35. The van der Waals surface area contributed by atoms with Crippen molar-refractivity contribution in [1.82, 2.24) is 10.2 Å². The van der Waals surface area contributed by atoms with Crippen molar-refractivity contribution in [2.75, 3.05) is 26.2 Å². The zero-order valence-corrected chi connectivity index (χ0v) is 12.5. The van der Waals surface area contributed by atoms with Crippen LogP contribution in [0.2, 0.25) is 0 Å². The number of hydrogen-bond donors (Lipinski definition) is 1. The molecule has 0 radical (unpaired) electrons. The van der Waals surface area contributed by atoms with Gasteiger partial charge in [-0.15, -0.1) is 0 Å². The highest BCUT2D eigenvalue weighted by atomic mass is 19.3. The fraction of sp³-hybridized carbons (Fsp3) is 0.625. The maximum absolute atomic E-state index is 13.0. The Balaban J connectivity index is 2.35. The van der Waals surface area contributed by atoms with Crippen molar-refractivity contribution in [2.45, 2.75) is 39.7 Å². The van der Waals surface area contributed by atoms with Gasteiger partial charge in [0.05, 0.1) is 0 Å². The van der Waals surface area contributed by atoms with E-state index in [0.29, 0.717) is 0 Å². The Bertz CT molecular complexity index is 431. The number of nitrogens with zero attached hydrogens (tertiary/aromatic N) is 1. The molecule has 0 aliphatic carbocycles. The van der Waals surface area contributed by atoms with Gasteiger partial charge in [0.15, 0.2) is 0 Å². The summed E-state index contributed by atoms with van der Waals surface area (Å²) in [5.41, 5.74) is 4.55. The lowest BCUT2D eigenvalue weighted by Gasteiger charge is -2.36. The Hall–Kier alpha value is -1.00. The third-order valence-electron chi connectivity index (χ3n) is 4.07. The molecule has 2 rings (SSSR count). The summed E-state index contributed by atoms with van der Waals surface area (Å²) in [5.74, 6) is 0. The van der Waals surface area contributed by atoms with Crippen LogP contribution in [0.5, 0.6) is 0 Å². The molecule has 0 spiro atoms. The molecule has 2 nitrogen and oxygen atoms in total. The van der Waals surface area contributed by atoms with Gasteiger partial charge in [-0.1, -0.05) is 17.7 Å². The van der Waals surface area contributed by atoms with Crippen molar-refractivity contribution in [3.05, 3.63) is 34.4 Å². The molecule has 1 atom stereocenters. The lowest BCUT2D eigenvalue weighted by atomic mass is 9.91. The fourth-order valence-electron chi connectivity index (χ4n) is 3.33. The third kappa shape index (κ3) is 3.55. The van der Waals surface area contributed by atoms with E-state index >= 15 is 0 Å². The Labute approximate surface area is 120 Å². The second-order valence-electron chi connectivity index (χ2n) is 5.74. The molecule has 0 bridgehead atoms. The van der Waals surface area contributed by atoms with Gasteiger partial charge in [-0.2, -0.15) is 0 Å². The molecule has 1 aromatic carbocycles. The van der Waals surface area contributed by atoms with E-state index in [0.717, 1.165) is 42.9 Å². The van der Waals surface area contributed by atoms with E-state index in [2.05, 4.69) is 29.3 Å². The Kier molecular flexibility index (Phi) is 5.11. The number of alkyl halides is 2. The van der Waals surface area contributed by atoms with Crippen LogP contribution < -0.4 is 5.32 Å². The van der Waals surface area contributed by atoms with E-state index in [1.807, 2.05) is 13.8 Å². The molecule has 1 heterocycles. The van der Waals surface area contributed by atoms with Crippen molar-refractivity contribution in [3.8, 4) is 0 Å². The van der Waals surface area contributed by atoms with E-state index in [1.165, 1.54) is 5.56 Å². The summed E-state index contributed by atoms with van der Waals surface area (Å²) in [5, 5.41) is 3.28. The molecule has 1 N–H and O–H groups in total. The molecule has 20 heavy (non-hydrogen) atoms. The molecule has 112 valence electrons. The van der Waals surface area contributed by atoms with Gasteiger partial charge in [0.25, 0.3) is 0 Å². The van der Waals surface area contributed by atoms with Crippen LogP contribution in [-0.2, 0) is 0 Å². The van der Waals surface area contributed by atoms with Gasteiger partial charge >= 0.3 is 0 Å². The highest BCUT2D eigenvalue weighted by molar-refractivity contribution is 5.39. The molecule has 1 fully saturated rings. The molecule has 0 amide bonds. The van der Waals surface area contributed by atoms with Crippen LogP contribution >= 0.6 is 0 Å². The highest BCUT2D eigenvalue weighted by Crippen LogP contribution is 2.32. The first-order chi connectivity index (χ1) is 9.49. The third-order valence-corrected chi connectivity index (χ3v) is 4.07. The quantitative estimate of drug-likeness (QED) is 0.912. The minimum absolute atomic E-state index is 0.0786. The van der Waals surface area contributed by atoms with Gasteiger partial charge in [0, 0.05) is 38.6 Å². The van der Waals surface area contributed by atoms with Crippen molar-refractivity contribution in [2.24, 2.45) is 0 Å². The summed E-state index contributed by atoms with van der Waals surface area (Å²) in [6.45, 7) is 9.56. The van der Waals surface area contributed by atoms with Crippen LogP contribution in [0.4, 0.5) is 8.78 Å². The van der Waals surface area contributed by atoms with E-state index < -0.39 is 6.43 Å². The van der Waals surface area contributed by atoms with Gasteiger partial charge in [-0.3, -0.25) is 4.90 Å². The van der Waals surface area contributed by atoms with E-state index in [4.69, 9.17) is 0 Å². The normalized spacial score (nSPS) is 18.5. The predicted octanol–water partition coefficient (Wildman–Crippen LogP) is 3.21. The standard InChI is InChI=1S/C16H24F2N2/c1-11-8-12(2)16(13(3)9-11)14(10-15(17)18)20-6-4-19-5-7-20/h8-9,14-15,19H,4-7,10H2,1-3H3/t14-/m0/s1. The van der Waals surface area contributed by atoms with E-state index in [-0.39, 0.29) is 12.5 Å². The van der Waals surface area contributed by atoms with Crippen LogP contribution in [0.15, 0.2) is 12.1 Å². The average Bonchev–Trinajstić information content (AvgIpc) is 2.37. The molecular formula is C16H24F2N2. The average molecular weight is 282 g/mol. The van der Waals surface area contributed by atoms with Crippen molar-refractivity contribution in [1.29, 1.82) is 0 Å². The molecule has 1 saturated heterocycles. The summed E-state index contributed by atoms with van der Waals surface area (Å²) in [7, 11) is 0. The number of halogens is 2. The molecule has 1 aromatic rings. The first-order valence-corrected chi connectivity index (χ1v) is 7.29. The number of hydrogen-bond acceptors (Lipinski definition) is 2. The van der Waals surface area contributed by atoms with Crippen molar-refractivity contribution in [3.63, 3.8) is 0 Å². The van der Waals surface area contributed by atoms with Gasteiger partial charge in [0.2, 0.25) is 6.43 Å². The van der Waals surface area contributed by atoms with Crippen LogP contribution in [-0.4, -0.2) is 37.5 Å². The topological polar surface area (TPSA) is 15.3 Å². The highest BCUT2D eigenvalue weighted by Gasteiger charge is 2.27. The van der Waals surface area contributed by atoms with Gasteiger partial charge < -0.3 is 5.32 Å². The number of benzene rings is 1. The fourth-order valence-corrected chi connectivity index (χ4v) is 3.33. The largest absolute Gasteiger partial charge is 0.314 e. The van der Waals surface area contributed by atoms with Gasteiger partial charge in [-0.05, 0) is 37.5 Å². The number of nitrogens with one attached hydrogen (secondary N) is 1. The molecule has 4 heteroatoms. The molecule has 1 aliphatic heterocycles. The number of rotatable bonds is 4. The first-order valence-electron chi connectivity index (χ1n) is 7.29. The second kappa shape index (κ2) is 6.64. The summed E-state index contributed by atoms with van der Waals surface area (Å²) >= 11 is 0. The van der Waals surface area contributed by atoms with E-state index in [9.17, 15) is 8.78 Å². The van der Waals surface area contributed by atoms with Gasteiger partial charge in [0.1, 0.15) is 0 Å². The molecule has 0 aromatic heterocycles. The first kappa shape index (κ1) is 15.4.